The lowest BCUT2D eigenvalue weighted by atomic mass is 10.2. The van der Waals surface area contributed by atoms with Crippen molar-refractivity contribution in [3.8, 4) is 18.0 Å². The summed E-state index contributed by atoms with van der Waals surface area (Å²) in [7, 11) is 0. The van der Waals surface area contributed by atoms with Gasteiger partial charge in [-0.1, -0.05) is 29.8 Å². The predicted molar refractivity (Wildman–Crippen MR) is 82.0 cm³/mol. The maximum absolute atomic E-state index is 8.56. The zero-order chi connectivity index (χ0) is 15.8. The molecule has 0 aliphatic rings. The molecule has 6 nitrogen and oxygen atoms in total. The molecule has 0 fully saturated rings. The molecule has 0 saturated carbocycles. The molecule has 2 rings (SSSR count). The standard InChI is InChI=1S/C16H13N5O/c1-12-2-4-13(5-3-12)11-22-16-7-6-14(10-19-16)20-21-15(8-17)9-18/h2-7,10,20H,11H2,1H3. The molecule has 2 aromatic rings. The number of ether oxygens (including phenoxy) is 1. The van der Waals surface area contributed by atoms with E-state index in [1.165, 1.54) is 11.8 Å². The van der Waals surface area contributed by atoms with Gasteiger partial charge in [-0.3, -0.25) is 5.43 Å². The maximum atomic E-state index is 8.56. The van der Waals surface area contributed by atoms with Gasteiger partial charge < -0.3 is 4.74 Å². The van der Waals surface area contributed by atoms with E-state index in [2.05, 4.69) is 15.5 Å². The minimum atomic E-state index is -0.250. The molecular weight excluding hydrogens is 278 g/mol. The number of rotatable bonds is 5. The first-order valence-electron chi connectivity index (χ1n) is 6.49. The lowest BCUT2D eigenvalue weighted by molar-refractivity contribution is 0.294. The Morgan fingerprint density at radius 2 is 1.91 bits per heavy atom. The Hall–Kier alpha value is -3.38. The van der Waals surface area contributed by atoms with Crippen LogP contribution < -0.4 is 10.2 Å². The summed E-state index contributed by atoms with van der Waals surface area (Å²) in [6.07, 6.45) is 1.51. The SMILES string of the molecule is Cc1ccc(COc2ccc(NN=C(C#N)C#N)cn2)cc1. The summed E-state index contributed by atoms with van der Waals surface area (Å²) in [5.74, 6) is 0.482. The first-order valence-corrected chi connectivity index (χ1v) is 6.49. The number of aryl methyl sites for hydroxylation is 1. The molecule has 0 aliphatic heterocycles. The van der Waals surface area contributed by atoms with Gasteiger partial charge in [-0.2, -0.15) is 15.6 Å². The smallest absolute Gasteiger partial charge is 0.237 e. The van der Waals surface area contributed by atoms with Crippen LogP contribution in [0.25, 0.3) is 0 Å². The molecule has 0 aliphatic carbocycles. The van der Waals surface area contributed by atoms with Crippen molar-refractivity contribution in [2.75, 3.05) is 5.43 Å². The van der Waals surface area contributed by atoms with Crippen molar-refractivity contribution in [3.63, 3.8) is 0 Å². The van der Waals surface area contributed by atoms with Crippen LogP contribution in [-0.2, 0) is 6.61 Å². The van der Waals surface area contributed by atoms with Gasteiger partial charge >= 0.3 is 0 Å². The van der Waals surface area contributed by atoms with Gasteiger partial charge in [0.15, 0.2) is 0 Å². The van der Waals surface area contributed by atoms with Gasteiger partial charge in [0.1, 0.15) is 18.7 Å². The van der Waals surface area contributed by atoms with E-state index < -0.39 is 0 Å². The number of nitrogens with one attached hydrogen (secondary N) is 1. The summed E-state index contributed by atoms with van der Waals surface area (Å²) in [5, 5.41) is 20.8. The van der Waals surface area contributed by atoms with E-state index in [1.807, 2.05) is 31.2 Å². The summed E-state index contributed by atoms with van der Waals surface area (Å²) in [6, 6.07) is 14.8. The van der Waals surface area contributed by atoms with E-state index in [0.29, 0.717) is 18.2 Å². The van der Waals surface area contributed by atoms with Crippen LogP contribution in [0.5, 0.6) is 5.88 Å². The van der Waals surface area contributed by atoms with Gasteiger partial charge in [0.05, 0.1) is 11.9 Å². The van der Waals surface area contributed by atoms with Crippen molar-refractivity contribution in [1.29, 1.82) is 10.5 Å². The van der Waals surface area contributed by atoms with Crippen molar-refractivity contribution in [1.82, 2.24) is 4.98 Å². The molecule has 0 amide bonds. The molecule has 1 heterocycles. The first kappa shape index (κ1) is 15.0. The van der Waals surface area contributed by atoms with Gasteiger partial charge in [0.25, 0.3) is 0 Å². The molecule has 108 valence electrons. The van der Waals surface area contributed by atoms with Crippen LogP contribution >= 0.6 is 0 Å². The van der Waals surface area contributed by atoms with E-state index in [-0.39, 0.29) is 5.71 Å². The fourth-order valence-corrected chi connectivity index (χ4v) is 1.57. The summed E-state index contributed by atoms with van der Waals surface area (Å²) in [4.78, 5) is 4.12. The number of nitrogens with zero attached hydrogens (tertiary/aromatic N) is 4. The Labute approximate surface area is 128 Å². The summed E-state index contributed by atoms with van der Waals surface area (Å²) < 4.78 is 5.58. The minimum Gasteiger partial charge on any atom is -0.473 e. The van der Waals surface area contributed by atoms with E-state index >= 15 is 0 Å². The monoisotopic (exact) mass is 291 g/mol. The molecule has 0 radical (unpaired) electrons. The predicted octanol–water partition coefficient (Wildman–Crippen LogP) is 2.78. The van der Waals surface area contributed by atoms with E-state index in [4.69, 9.17) is 15.3 Å². The third-order valence-electron chi connectivity index (χ3n) is 2.75. The van der Waals surface area contributed by atoms with E-state index in [0.717, 1.165) is 5.56 Å². The molecule has 0 unspecified atom stereocenters. The zero-order valence-corrected chi connectivity index (χ0v) is 11.9. The van der Waals surface area contributed by atoms with Crippen molar-refractivity contribution in [3.05, 3.63) is 53.7 Å². The number of aromatic nitrogens is 1. The minimum absolute atomic E-state index is 0.250. The number of benzene rings is 1. The Bertz CT molecular complexity index is 720. The van der Waals surface area contributed by atoms with Crippen molar-refractivity contribution >= 4 is 11.4 Å². The van der Waals surface area contributed by atoms with Crippen molar-refractivity contribution in [2.45, 2.75) is 13.5 Å². The highest BCUT2D eigenvalue weighted by Crippen LogP contribution is 2.13. The average molecular weight is 291 g/mol. The number of anilines is 1. The van der Waals surface area contributed by atoms with Gasteiger partial charge in [0.2, 0.25) is 11.6 Å². The Morgan fingerprint density at radius 3 is 2.50 bits per heavy atom. The normalized spacial score (nSPS) is 9.23. The molecule has 0 spiro atoms. The van der Waals surface area contributed by atoms with Crippen LogP contribution in [0, 0.1) is 29.6 Å². The molecule has 6 heteroatoms. The Balaban J connectivity index is 1.92. The Kier molecular flexibility index (Phi) is 5.06. The first-order chi connectivity index (χ1) is 10.7. The average Bonchev–Trinajstić information content (AvgIpc) is 2.56. The van der Waals surface area contributed by atoms with E-state index in [1.54, 1.807) is 24.3 Å². The second-order valence-electron chi connectivity index (χ2n) is 4.46. The molecular formula is C16H13N5O. The van der Waals surface area contributed by atoms with Gasteiger partial charge in [-0.25, -0.2) is 4.98 Å². The van der Waals surface area contributed by atoms with Crippen LogP contribution in [0.4, 0.5) is 5.69 Å². The summed E-state index contributed by atoms with van der Waals surface area (Å²) >= 11 is 0. The van der Waals surface area contributed by atoms with Crippen LogP contribution in [0.3, 0.4) is 0 Å². The third-order valence-corrected chi connectivity index (χ3v) is 2.75. The van der Waals surface area contributed by atoms with Crippen molar-refractivity contribution < 1.29 is 4.74 Å². The van der Waals surface area contributed by atoms with Gasteiger partial charge in [-0.05, 0) is 18.6 Å². The fourth-order valence-electron chi connectivity index (χ4n) is 1.57. The molecule has 1 N–H and O–H groups in total. The second kappa shape index (κ2) is 7.41. The number of pyridine rings is 1. The van der Waals surface area contributed by atoms with Crippen LogP contribution in [-0.4, -0.2) is 10.7 Å². The topological polar surface area (TPSA) is 94.1 Å². The second-order valence-corrected chi connectivity index (χ2v) is 4.46. The number of nitriles is 2. The quantitative estimate of drug-likeness (QED) is 0.675. The lowest BCUT2D eigenvalue weighted by Gasteiger charge is -2.06. The lowest BCUT2D eigenvalue weighted by Crippen LogP contribution is -1.99. The Morgan fingerprint density at radius 1 is 1.18 bits per heavy atom. The highest BCUT2D eigenvalue weighted by Gasteiger charge is 1.99. The number of hydrogen-bond donors (Lipinski definition) is 1. The number of hydrogen-bond acceptors (Lipinski definition) is 6. The molecule has 0 atom stereocenters. The highest BCUT2D eigenvalue weighted by molar-refractivity contribution is 6.10. The molecule has 0 bridgehead atoms. The molecule has 1 aromatic heterocycles. The molecule has 1 aromatic carbocycles. The number of hydrazone groups is 1. The zero-order valence-electron chi connectivity index (χ0n) is 11.9. The van der Waals surface area contributed by atoms with Crippen LogP contribution in [0.1, 0.15) is 11.1 Å². The summed E-state index contributed by atoms with van der Waals surface area (Å²) in [5.41, 5.74) is 5.15. The van der Waals surface area contributed by atoms with E-state index in [9.17, 15) is 0 Å². The van der Waals surface area contributed by atoms with Crippen LogP contribution in [0.2, 0.25) is 0 Å². The third kappa shape index (κ3) is 4.32. The highest BCUT2D eigenvalue weighted by atomic mass is 16.5. The van der Waals surface area contributed by atoms with Gasteiger partial charge in [0, 0.05) is 6.07 Å². The largest absolute Gasteiger partial charge is 0.473 e. The molecule has 0 saturated heterocycles. The summed E-state index contributed by atoms with van der Waals surface area (Å²) in [6.45, 7) is 2.47. The fraction of sp³-hybridized carbons (Fsp3) is 0.125. The maximum Gasteiger partial charge on any atom is 0.237 e. The molecule has 22 heavy (non-hydrogen) atoms. The van der Waals surface area contributed by atoms with Crippen LogP contribution in [0.15, 0.2) is 47.7 Å². The van der Waals surface area contributed by atoms with Gasteiger partial charge in [-0.15, -0.1) is 0 Å². The van der Waals surface area contributed by atoms with Crippen molar-refractivity contribution in [2.24, 2.45) is 5.10 Å².